The second kappa shape index (κ2) is 4.03. The fraction of sp³-hybridized carbons (Fsp3) is 0.500. The van der Waals surface area contributed by atoms with Crippen molar-refractivity contribution in [2.45, 2.75) is 32.7 Å². The van der Waals surface area contributed by atoms with Gasteiger partial charge in [-0.05, 0) is 43.9 Å². The highest BCUT2D eigenvalue weighted by atomic mass is 35.5. The van der Waals surface area contributed by atoms with E-state index >= 15 is 0 Å². The SMILES string of the molecule is Cc1cc2c(c(C)c1Cl)[C@@H](N)CCCO2. The van der Waals surface area contributed by atoms with Crippen LogP contribution < -0.4 is 10.5 Å². The maximum Gasteiger partial charge on any atom is 0.124 e. The van der Waals surface area contributed by atoms with Gasteiger partial charge in [-0.15, -0.1) is 0 Å². The summed E-state index contributed by atoms with van der Waals surface area (Å²) in [6, 6.07) is 2.05. The largest absolute Gasteiger partial charge is 0.493 e. The summed E-state index contributed by atoms with van der Waals surface area (Å²) in [6.45, 7) is 4.76. The molecule has 1 aromatic carbocycles. The van der Waals surface area contributed by atoms with Crippen LogP contribution in [0.15, 0.2) is 6.07 Å². The zero-order valence-electron chi connectivity index (χ0n) is 9.14. The van der Waals surface area contributed by atoms with E-state index in [1.54, 1.807) is 0 Å². The van der Waals surface area contributed by atoms with Gasteiger partial charge in [0.1, 0.15) is 5.75 Å². The average molecular weight is 226 g/mol. The number of halogens is 1. The lowest BCUT2D eigenvalue weighted by Gasteiger charge is -2.17. The molecule has 0 aliphatic carbocycles. The first kappa shape index (κ1) is 10.8. The van der Waals surface area contributed by atoms with Crippen LogP contribution in [0.1, 0.15) is 35.6 Å². The summed E-state index contributed by atoms with van der Waals surface area (Å²) in [5.74, 6) is 0.916. The van der Waals surface area contributed by atoms with Crippen LogP contribution in [0.2, 0.25) is 5.02 Å². The zero-order chi connectivity index (χ0) is 11.0. The van der Waals surface area contributed by atoms with E-state index < -0.39 is 0 Å². The molecule has 0 saturated carbocycles. The molecule has 0 saturated heterocycles. The third-order valence-corrected chi connectivity index (χ3v) is 3.56. The summed E-state index contributed by atoms with van der Waals surface area (Å²) in [5.41, 5.74) is 9.34. The van der Waals surface area contributed by atoms with Crippen molar-refractivity contribution < 1.29 is 4.74 Å². The molecule has 2 nitrogen and oxygen atoms in total. The van der Waals surface area contributed by atoms with E-state index in [4.69, 9.17) is 22.1 Å². The monoisotopic (exact) mass is 225 g/mol. The number of benzene rings is 1. The fourth-order valence-corrected chi connectivity index (χ4v) is 2.30. The topological polar surface area (TPSA) is 35.2 Å². The van der Waals surface area contributed by atoms with Crippen LogP contribution in [0.5, 0.6) is 5.75 Å². The quantitative estimate of drug-likeness (QED) is 0.736. The van der Waals surface area contributed by atoms with Gasteiger partial charge in [0.25, 0.3) is 0 Å². The van der Waals surface area contributed by atoms with E-state index in [1.807, 2.05) is 19.9 Å². The lowest BCUT2D eigenvalue weighted by Crippen LogP contribution is -2.11. The Labute approximate surface area is 95.4 Å². The molecule has 82 valence electrons. The molecule has 1 aliphatic heterocycles. The second-order valence-electron chi connectivity index (χ2n) is 4.14. The van der Waals surface area contributed by atoms with Crippen LogP contribution in [-0.2, 0) is 0 Å². The molecule has 0 bridgehead atoms. The van der Waals surface area contributed by atoms with Gasteiger partial charge in [0, 0.05) is 16.6 Å². The van der Waals surface area contributed by atoms with Gasteiger partial charge in [-0.2, -0.15) is 0 Å². The lowest BCUT2D eigenvalue weighted by atomic mass is 9.96. The fourth-order valence-electron chi connectivity index (χ4n) is 2.15. The van der Waals surface area contributed by atoms with Crippen LogP contribution in [0.25, 0.3) is 0 Å². The number of fused-ring (bicyclic) bond motifs is 1. The van der Waals surface area contributed by atoms with Crippen molar-refractivity contribution in [1.29, 1.82) is 0 Å². The summed E-state index contributed by atoms with van der Waals surface area (Å²) in [4.78, 5) is 0. The standard InChI is InChI=1S/C12H16ClNO/c1-7-6-10-11(8(2)12(7)13)9(14)4-3-5-15-10/h6,9H,3-5,14H2,1-2H3/t9-/m0/s1. The Kier molecular flexibility index (Phi) is 2.89. The second-order valence-corrected chi connectivity index (χ2v) is 4.52. The Bertz CT molecular complexity index is 390. The number of aryl methyl sites for hydroxylation is 1. The normalized spacial score (nSPS) is 20.4. The molecular formula is C12H16ClNO. The van der Waals surface area contributed by atoms with Gasteiger partial charge in [0.2, 0.25) is 0 Å². The summed E-state index contributed by atoms with van der Waals surface area (Å²) in [5, 5.41) is 0.815. The maximum absolute atomic E-state index is 6.22. The average Bonchev–Trinajstić information content (AvgIpc) is 2.37. The maximum atomic E-state index is 6.22. The number of hydrogen-bond acceptors (Lipinski definition) is 2. The van der Waals surface area contributed by atoms with Crippen LogP contribution in [0.3, 0.4) is 0 Å². The van der Waals surface area contributed by atoms with Gasteiger partial charge in [-0.25, -0.2) is 0 Å². The van der Waals surface area contributed by atoms with Crippen molar-refractivity contribution in [1.82, 2.24) is 0 Å². The lowest BCUT2D eigenvalue weighted by molar-refractivity contribution is 0.316. The molecule has 1 aliphatic rings. The van der Waals surface area contributed by atoms with E-state index in [2.05, 4.69) is 0 Å². The molecule has 3 heteroatoms. The van der Waals surface area contributed by atoms with E-state index in [0.717, 1.165) is 46.9 Å². The van der Waals surface area contributed by atoms with Gasteiger partial charge in [-0.3, -0.25) is 0 Å². The molecule has 1 aromatic rings. The molecule has 1 heterocycles. The van der Waals surface area contributed by atoms with Crippen molar-refractivity contribution in [2.24, 2.45) is 5.73 Å². The highest BCUT2D eigenvalue weighted by Crippen LogP contribution is 2.37. The first-order valence-corrected chi connectivity index (χ1v) is 5.67. The van der Waals surface area contributed by atoms with Crippen LogP contribution in [0.4, 0.5) is 0 Å². The first-order valence-electron chi connectivity index (χ1n) is 5.29. The number of rotatable bonds is 0. The first-order chi connectivity index (χ1) is 7.11. The minimum atomic E-state index is 0.0561. The summed E-state index contributed by atoms with van der Waals surface area (Å²) < 4.78 is 5.70. The summed E-state index contributed by atoms with van der Waals surface area (Å²) in [7, 11) is 0. The van der Waals surface area contributed by atoms with Gasteiger partial charge < -0.3 is 10.5 Å². The molecule has 2 N–H and O–H groups in total. The highest BCUT2D eigenvalue weighted by Gasteiger charge is 2.21. The number of nitrogens with two attached hydrogens (primary N) is 1. The van der Waals surface area contributed by atoms with Crippen LogP contribution >= 0.6 is 11.6 Å². The summed E-state index contributed by atoms with van der Waals surface area (Å²) >= 11 is 6.22. The summed E-state index contributed by atoms with van der Waals surface area (Å²) in [6.07, 6.45) is 1.97. The van der Waals surface area contributed by atoms with Crippen molar-refractivity contribution in [3.63, 3.8) is 0 Å². The number of hydrogen-bond donors (Lipinski definition) is 1. The Morgan fingerprint density at radius 1 is 1.47 bits per heavy atom. The highest BCUT2D eigenvalue weighted by molar-refractivity contribution is 6.32. The molecule has 0 amide bonds. The van der Waals surface area contributed by atoms with Gasteiger partial charge in [0.15, 0.2) is 0 Å². The van der Waals surface area contributed by atoms with Crippen LogP contribution in [-0.4, -0.2) is 6.61 Å². The minimum Gasteiger partial charge on any atom is -0.493 e. The van der Waals surface area contributed by atoms with E-state index in [0.29, 0.717) is 0 Å². The molecule has 0 radical (unpaired) electrons. The molecule has 0 fully saturated rings. The Morgan fingerprint density at radius 3 is 2.93 bits per heavy atom. The van der Waals surface area contributed by atoms with E-state index in [9.17, 15) is 0 Å². The van der Waals surface area contributed by atoms with Gasteiger partial charge >= 0.3 is 0 Å². The molecule has 0 unspecified atom stereocenters. The van der Waals surface area contributed by atoms with Crippen LogP contribution in [0, 0.1) is 13.8 Å². The zero-order valence-corrected chi connectivity index (χ0v) is 9.90. The number of ether oxygens (including phenoxy) is 1. The Morgan fingerprint density at radius 2 is 2.20 bits per heavy atom. The smallest absolute Gasteiger partial charge is 0.124 e. The Hall–Kier alpha value is -0.730. The van der Waals surface area contributed by atoms with Crippen molar-refractivity contribution in [3.8, 4) is 5.75 Å². The van der Waals surface area contributed by atoms with E-state index in [1.165, 1.54) is 0 Å². The molecular weight excluding hydrogens is 210 g/mol. The predicted molar refractivity (Wildman–Crippen MR) is 62.6 cm³/mol. The molecule has 15 heavy (non-hydrogen) atoms. The van der Waals surface area contributed by atoms with Crippen molar-refractivity contribution in [2.75, 3.05) is 6.61 Å². The predicted octanol–water partition coefficient (Wildman–Crippen LogP) is 3.13. The molecule has 1 atom stereocenters. The molecule has 0 aromatic heterocycles. The van der Waals surface area contributed by atoms with Gasteiger partial charge in [-0.1, -0.05) is 11.6 Å². The van der Waals surface area contributed by atoms with Crippen molar-refractivity contribution in [3.05, 3.63) is 27.8 Å². The molecule has 0 spiro atoms. The van der Waals surface area contributed by atoms with E-state index in [-0.39, 0.29) is 6.04 Å². The van der Waals surface area contributed by atoms with Crippen molar-refractivity contribution >= 4 is 11.6 Å². The minimum absolute atomic E-state index is 0.0561. The third-order valence-electron chi connectivity index (χ3n) is 2.98. The molecule has 2 rings (SSSR count). The third kappa shape index (κ3) is 1.84. The van der Waals surface area contributed by atoms with Gasteiger partial charge in [0.05, 0.1) is 6.61 Å². The Balaban J connectivity index is 2.61.